The van der Waals surface area contributed by atoms with Gasteiger partial charge >= 0.3 is 0 Å². The smallest absolute Gasteiger partial charge is 0.209 e. The van der Waals surface area contributed by atoms with Crippen LogP contribution in [0.4, 0.5) is 0 Å². The molecule has 0 bridgehead atoms. The summed E-state index contributed by atoms with van der Waals surface area (Å²) in [4.78, 5) is 5.33. The third-order valence-electron chi connectivity index (χ3n) is 3.67. The number of thiophene rings is 1. The number of guanidine groups is 1. The van der Waals surface area contributed by atoms with Crippen molar-refractivity contribution in [3.8, 4) is 0 Å². The van der Waals surface area contributed by atoms with E-state index in [-0.39, 0.29) is 6.54 Å². The number of nitrogens with zero attached hydrogens (tertiary/aromatic N) is 1. The Morgan fingerprint density at radius 3 is 2.63 bits per heavy atom. The van der Waals surface area contributed by atoms with Gasteiger partial charge in [-0.05, 0) is 38.3 Å². The molecule has 0 aliphatic heterocycles. The van der Waals surface area contributed by atoms with Crippen molar-refractivity contribution < 1.29 is 13.5 Å². The number of nitrogens with one attached hydrogen (secondary N) is 3. The van der Waals surface area contributed by atoms with Gasteiger partial charge in [0.05, 0.1) is 12.8 Å². The molecular weight excluding hydrogens is 384 g/mol. The van der Waals surface area contributed by atoms with Crippen LogP contribution in [0.5, 0.6) is 0 Å². The number of benzene rings is 1. The van der Waals surface area contributed by atoms with Crippen LogP contribution in [0.3, 0.4) is 0 Å². The standard InChI is InChI=1S/C18H28N4O3S2/c1-5-19-17(21-12-18(2,3)22-27(4,24)25)20-11-14(23)16-10-13-8-6-7-9-15(13)26-16/h6-10,14,22-23H,5,11-12H2,1-4H3,(H2,19,20,21). The predicted octanol–water partition coefficient (Wildman–Crippen LogP) is 1.82. The van der Waals surface area contributed by atoms with E-state index in [0.717, 1.165) is 21.2 Å². The molecule has 0 aliphatic carbocycles. The minimum Gasteiger partial charge on any atom is -0.386 e. The SMILES string of the molecule is CCNC(=NCC(C)(C)NS(C)(=O)=O)NCC(O)c1cc2ccccc2s1. The molecule has 150 valence electrons. The van der Waals surface area contributed by atoms with Crippen molar-refractivity contribution in [2.45, 2.75) is 32.4 Å². The third-order valence-corrected chi connectivity index (χ3v) is 5.81. The van der Waals surface area contributed by atoms with Crippen LogP contribution in [0.1, 0.15) is 31.8 Å². The monoisotopic (exact) mass is 412 g/mol. The van der Waals surface area contributed by atoms with Gasteiger partial charge in [0, 0.05) is 28.2 Å². The Morgan fingerprint density at radius 2 is 2.00 bits per heavy atom. The summed E-state index contributed by atoms with van der Waals surface area (Å²) >= 11 is 1.57. The summed E-state index contributed by atoms with van der Waals surface area (Å²) in [5.41, 5.74) is -0.708. The number of aliphatic imine (C=N–C) groups is 1. The van der Waals surface area contributed by atoms with Gasteiger partial charge in [-0.3, -0.25) is 4.99 Å². The molecule has 0 radical (unpaired) electrons. The van der Waals surface area contributed by atoms with Gasteiger partial charge in [0.15, 0.2) is 5.96 Å². The van der Waals surface area contributed by atoms with Gasteiger partial charge in [0.25, 0.3) is 0 Å². The number of rotatable bonds is 8. The lowest BCUT2D eigenvalue weighted by atomic mass is 10.1. The van der Waals surface area contributed by atoms with Crippen molar-refractivity contribution in [1.29, 1.82) is 0 Å². The lowest BCUT2D eigenvalue weighted by molar-refractivity contribution is 0.184. The maximum Gasteiger partial charge on any atom is 0.209 e. The maximum absolute atomic E-state index is 11.4. The second-order valence-corrected chi connectivity index (χ2v) is 9.90. The zero-order chi connectivity index (χ0) is 20.1. The molecule has 2 aromatic rings. The summed E-state index contributed by atoms with van der Waals surface area (Å²) in [6, 6.07) is 10.0. The first-order valence-corrected chi connectivity index (χ1v) is 11.5. The van der Waals surface area contributed by atoms with E-state index in [9.17, 15) is 13.5 Å². The molecule has 1 aromatic heterocycles. The van der Waals surface area contributed by atoms with Crippen molar-refractivity contribution in [3.63, 3.8) is 0 Å². The Balaban J connectivity index is 2.00. The van der Waals surface area contributed by atoms with Crippen LogP contribution in [0, 0.1) is 0 Å². The van der Waals surface area contributed by atoms with Gasteiger partial charge in [-0.15, -0.1) is 11.3 Å². The summed E-state index contributed by atoms with van der Waals surface area (Å²) < 4.78 is 26.6. The highest BCUT2D eigenvalue weighted by atomic mass is 32.2. The van der Waals surface area contributed by atoms with Gasteiger partial charge in [-0.2, -0.15) is 0 Å². The van der Waals surface area contributed by atoms with Gasteiger partial charge < -0.3 is 15.7 Å². The summed E-state index contributed by atoms with van der Waals surface area (Å²) in [6.07, 6.45) is 0.469. The van der Waals surface area contributed by atoms with Crippen molar-refractivity contribution in [1.82, 2.24) is 15.4 Å². The van der Waals surface area contributed by atoms with E-state index in [0.29, 0.717) is 19.0 Å². The number of fused-ring (bicyclic) bond motifs is 1. The van der Waals surface area contributed by atoms with Crippen molar-refractivity contribution in [2.75, 3.05) is 25.9 Å². The van der Waals surface area contributed by atoms with Crippen molar-refractivity contribution in [3.05, 3.63) is 35.2 Å². The Labute approximate surface area is 165 Å². The highest BCUT2D eigenvalue weighted by molar-refractivity contribution is 7.88. The minimum atomic E-state index is -3.32. The maximum atomic E-state index is 11.4. The summed E-state index contributed by atoms with van der Waals surface area (Å²) in [7, 11) is -3.32. The second kappa shape index (κ2) is 9.01. The molecule has 4 N–H and O–H groups in total. The molecule has 0 spiro atoms. The fraction of sp³-hybridized carbons (Fsp3) is 0.500. The number of sulfonamides is 1. The molecule has 1 unspecified atom stereocenters. The van der Waals surface area contributed by atoms with E-state index in [1.807, 2.05) is 37.3 Å². The number of hydrogen-bond donors (Lipinski definition) is 4. The van der Waals surface area contributed by atoms with E-state index in [1.165, 1.54) is 0 Å². The molecule has 1 heterocycles. The fourth-order valence-corrected chi connectivity index (χ4v) is 4.73. The van der Waals surface area contributed by atoms with Crippen LogP contribution < -0.4 is 15.4 Å². The Bertz CT molecular complexity index is 858. The van der Waals surface area contributed by atoms with Crippen LogP contribution in [-0.4, -0.2) is 50.9 Å². The minimum absolute atomic E-state index is 0.258. The number of aliphatic hydroxyl groups excluding tert-OH is 1. The first-order chi connectivity index (χ1) is 12.6. The molecule has 0 saturated carbocycles. The molecule has 0 fully saturated rings. The van der Waals surface area contributed by atoms with Crippen LogP contribution in [0.2, 0.25) is 0 Å². The van der Waals surface area contributed by atoms with E-state index in [1.54, 1.807) is 25.2 Å². The van der Waals surface area contributed by atoms with Crippen LogP contribution >= 0.6 is 11.3 Å². The van der Waals surface area contributed by atoms with Gasteiger partial charge in [-0.1, -0.05) is 18.2 Å². The fourth-order valence-electron chi connectivity index (χ4n) is 2.61. The lowest BCUT2D eigenvalue weighted by Crippen LogP contribution is -2.47. The van der Waals surface area contributed by atoms with Crippen molar-refractivity contribution >= 4 is 37.4 Å². The molecule has 1 aromatic carbocycles. The average Bonchev–Trinajstić information content (AvgIpc) is 2.99. The molecule has 9 heteroatoms. The zero-order valence-electron chi connectivity index (χ0n) is 16.1. The highest BCUT2D eigenvalue weighted by Crippen LogP contribution is 2.29. The van der Waals surface area contributed by atoms with E-state index >= 15 is 0 Å². The predicted molar refractivity (Wildman–Crippen MR) is 113 cm³/mol. The highest BCUT2D eigenvalue weighted by Gasteiger charge is 2.22. The van der Waals surface area contributed by atoms with E-state index < -0.39 is 21.7 Å². The molecule has 0 aliphatic rings. The molecular formula is C18H28N4O3S2. The molecule has 0 amide bonds. The zero-order valence-corrected chi connectivity index (χ0v) is 17.7. The number of aliphatic hydroxyl groups is 1. The largest absolute Gasteiger partial charge is 0.386 e. The molecule has 7 nitrogen and oxygen atoms in total. The number of hydrogen-bond acceptors (Lipinski definition) is 5. The van der Waals surface area contributed by atoms with E-state index in [4.69, 9.17) is 0 Å². The molecule has 2 rings (SSSR count). The van der Waals surface area contributed by atoms with Gasteiger partial charge in [0.1, 0.15) is 6.10 Å². The first kappa shape index (κ1) is 21.6. The van der Waals surface area contributed by atoms with E-state index in [2.05, 4.69) is 20.3 Å². The quantitative estimate of drug-likeness (QED) is 0.391. The topological polar surface area (TPSA) is 103 Å². The van der Waals surface area contributed by atoms with Crippen molar-refractivity contribution in [2.24, 2.45) is 4.99 Å². The summed E-state index contributed by atoms with van der Waals surface area (Å²) in [5.74, 6) is 0.529. The average molecular weight is 413 g/mol. The van der Waals surface area contributed by atoms with Crippen LogP contribution in [-0.2, 0) is 10.0 Å². The third kappa shape index (κ3) is 7.10. The first-order valence-electron chi connectivity index (χ1n) is 8.77. The normalized spacial score (nSPS) is 14.3. The molecule has 0 saturated heterocycles. The van der Waals surface area contributed by atoms with Crippen LogP contribution in [0.25, 0.3) is 10.1 Å². The Kier molecular flexibility index (Phi) is 7.21. The summed E-state index contributed by atoms with van der Waals surface area (Å²) in [6.45, 7) is 6.71. The van der Waals surface area contributed by atoms with Gasteiger partial charge in [-0.25, -0.2) is 13.1 Å². The summed E-state index contributed by atoms with van der Waals surface area (Å²) in [5, 5.41) is 17.8. The molecule has 27 heavy (non-hydrogen) atoms. The van der Waals surface area contributed by atoms with Gasteiger partial charge in [0.2, 0.25) is 10.0 Å². The molecule has 1 atom stereocenters. The lowest BCUT2D eigenvalue weighted by Gasteiger charge is -2.23. The second-order valence-electron chi connectivity index (χ2n) is 7.04. The Morgan fingerprint density at radius 1 is 1.30 bits per heavy atom. The Hall–Kier alpha value is -1.68. The van der Waals surface area contributed by atoms with Crippen LogP contribution in [0.15, 0.2) is 35.3 Å².